The van der Waals surface area contributed by atoms with Gasteiger partial charge in [0.25, 0.3) is 5.91 Å². The van der Waals surface area contributed by atoms with Gasteiger partial charge >= 0.3 is 0 Å². The largest absolute Gasteiger partial charge is 0.351 e. The summed E-state index contributed by atoms with van der Waals surface area (Å²) in [4.78, 5) is 20.2. The molecule has 2 rings (SSSR count). The first-order valence-electron chi connectivity index (χ1n) is 5.93. The summed E-state index contributed by atoms with van der Waals surface area (Å²) in [5.74, 6) is 0.203. The Morgan fingerprint density at radius 3 is 2.65 bits per heavy atom. The molecule has 0 radical (unpaired) electrons. The molecule has 0 saturated carbocycles. The van der Waals surface area contributed by atoms with Gasteiger partial charge in [0.15, 0.2) is 0 Å². The molecule has 0 unspecified atom stereocenters. The van der Waals surface area contributed by atoms with Crippen LogP contribution in [0, 0.1) is 0 Å². The van der Waals surface area contributed by atoms with Crippen molar-refractivity contribution >= 4 is 33.5 Å². The molecule has 0 aliphatic rings. The fourth-order valence-corrected chi connectivity index (χ4v) is 1.84. The quantitative estimate of drug-likeness (QED) is 0.825. The minimum absolute atomic E-state index is 0.257. The fraction of sp³-hybridized carbons (Fsp3) is 0.0714. The standard InChI is InChI=1S/C14H13BrN4O/c1-2-7-16-14-17-8-10(9-18-14)13(20)19-12-6-4-3-5-11(12)15/h2-6,8-9H,1,7H2,(H,19,20)(H,16,17,18). The molecular formula is C14H13BrN4O. The molecule has 0 bridgehead atoms. The second-order valence-corrected chi connectivity index (χ2v) is 4.75. The molecule has 1 aromatic carbocycles. The van der Waals surface area contributed by atoms with E-state index in [9.17, 15) is 4.79 Å². The molecule has 0 spiro atoms. The van der Waals surface area contributed by atoms with Crippen LogP contribution >= 0.6 is 15.9 Å². The molecule has 5 nitrogen and oxygen atoms in total. The van der Waals surface area contributed by atoms with Crippen LogP contribution < -0.4 is 10.6 Å². The van der Waals surface area contributed by atoms with Crippen molar-refractivity contribution in [3.05, 3.63) is 59.4 Å². The van der Waals surface area contributed by atoms with Crippen LogP contribution in [-0.4, -0.2) is 22.4 Å². The van der Waals surface area contributed by atoms with Gasteiger partial charge in [-0.05, 0) is 28.1 Å². The van der Waals surface area contributed by atoms with Gasteiger partial charge < -0.3 is 10.6 Å². The van der Waals surface area contributed by atoms with Crippen molar-refractivity contribution < 1.29 is 4.79 Å². The number of hydrogen-bond acceptors (Lipinski definition) is 4. The number of para-hydroxylation sites is 1. The zero-order chi connectivity index (χ0) is 14.4. The summed E-state index contributed by atoms with van der Waals surface area (Å²) in [6.45, 7) is 4.16. The van der Waals surface area contributed by atoms with Crippen LogP contribution in [-0.2, 0) is 0 Å². The Morgan fingerprint density at radius 1 is 1.30 bits per heavy atom. The molecule has 1 heterocycles. The number of anilines is 2. The van der Waals surface area contributed by atoms with Crippen LogP contribution in [0.5, 0.6) is 0 Å². The van der Waals surface area contributed by atoms with E-state index in [0.29, 0.717) is 23.7 Å². The summed E-state index contributed by atoms with van der Waals surface area (Å²) in [7, 11) is 0. The molecule has 2 aromatic rings. The zero-order valence-corrected chi connectivity index (χ0v) is 12.2. The molecule has 1 amide bonds. The molecule has 2 N–H and O–H groups in total. The molecule has 1 aromatic heterocycles. The highest BCUT2D eigenvalue weighted by atomic mass is 79.9. The first kappa shape index (κ1) is 14.2. The van der Waals surface area contributed by atoms with Gasteiger partial charge in [0, 0.05) is 23.4 Å². The third-order valence-electron chi connectivity index (χ3n) is 2.44. The minimum Gasteiger partial charge on any atom is -0.351 e. The Morgan fingerprint density at radius 2 is 2.00 bits per heavy atom. The number of aromatic nitrogens is 2. The molecular weight excluding hydrogens is 320 g/mol. The van der Waals surface area contributed by atoms with Crippen molar-refractivity contribution in [3.8, 4) is 0 Å². The summed E-state index contributed by atoms with van der Waals surface area (Å²) >= 11 is 3.37. The lowest BCUT2D eigenvalue weighted by atomic mass is 10.3. The monoisotopic (exact) mass is 332 g/mol. The summed E-state index contributed by atoms with van der Waals surface area (Å²) in [6, 6.07) is 7.39. The lowest BCUT2D eigenvalue weighted by Gasteiger charge is -2.07. The number of benzene rings is 1. The van der Waals surface area contributed by atoms with E-state index in [1.807, 2.05) is 24.3 Å². The van der Waals surface area contributed by atoms with E-state index in [4.69, 9.17) is 0 Å². The smallest absolute Gasteiger partial charge is 0.258 e. The lowest BCUT2D eigenvalue weighted by molar-refractivity contribution is 0.102. The van der Waals surface area contributed by atoms with Crippen molar-refractivity contribution in [2.45, 2.75) is 0 Å². The number of halogens is 1. The number of carbonyl (C=O) groups excluding carboxylic acids is 1. The average Bonchev–Trinajstić information content (AvgIpc) is 2.48. The average molecular weight is 333 g/mol. The molecule has 0 aliphatic heterocycles. The predicted octanol–water partition coefficient (Wildman–Crippen LogP) is 3.09. The summed E-state index contributed by atoms with van der Waals surface area (Å²) in [5, 5.41) is 5.73. The summed E-state index contributed by atoms with van der Waals surface area (Å²) < 4.78 is 0.818. The third kappa shape index (κ3) is 3.64. The lowest BCUT2D eigenvalue weighted by Crippen LogP contribution is -2.13. The van der Waals surface area contributed by atoms with Gasteiger partial charge in [-0.2, -0.15) is 0 Å². The van der Waals surface area contributed by atoms with Crippen molar-refractivity contribution in [2.24, 2.45) is 0 Å². The minimum atomic E-state index is -0.257. The van der Waals surface area contributed by atoms with Gasteiger partial charge in [-0.1, -0.05) is 18.2 Å². The Labute approximate surface area is 125 Å². The van der Waals surface area contributed by atoms with Crippen LogP contribution in [0.2, 0.25) is 0 Å². The van der Waals surface area contributed by atoms with E-state index >= 15 is 0 Å². The summed E-state index contributed by atoms with van der Waals surface area (Å²) in [6.07, 6.45) is 4.66. The Balaban J connectivity index is 2.06. The third-order valence-corrected chi connectivity index (χ3v) is 3.13. The molecule has 102 valence electrons. The Bertz CT molecular complexity index is 613. The highest BCUT2D eigenvalue weighted by Crippen LogP contribution is 2.21. The molecule has 6 heteroatoms. The van der Waals surface area contributed by atoms with E-state index in [0.717, 1.165) is 4.47 Å². The fourth-order valence-electron chi connectivity index (χ4n) is 1.46. The zero-order valence-electron chi connectivity index (χ0n) is 10.6. The van der Waals surface area contributed by atoms with Gasteiger partial charge in [0.1, 0.15) is 0 Å². The van der Waals surface area contributed by atoms with Gasteiger partial charge in [0.2, 0.25) is 5.95 Å². The maximum atomic E-state index is 12.0. The highest BCUT2D eigenvalue weighted by molar-refractivity contribution is 9.10. The van der Waals surface area contributed by atoms with Crippen molar-refractivity contribution in [1.82, 2.24) is 9.97 Å². The van der Waals surface area contributed by atoms with Crippen LogP contribution in [0.25, 0.3) is 0 Å². The molecule has 0 aliphatic carbocycles. The molecule has 0 fully saturated rings. The van der Waals surface area contributed by atoms with Gasteiger partial charge in [-0.25, -0.2) is 9.97 Å². The highest BCUT2D eigenvalue weighted by Gasteiger charge is 2.09. The van der Waals surface area contributed by atoms with Gasteiger partial charge in [-0.3, -0.25) is 4.79 Å². The topological polar surface area (TPSA) is 66.9 Å². The number of nitrogens with zero attached hydrogens (tertiary/aromatic N) is 2. The summed E-state index contributed by atoms with van der Waals surface area (Å²) in [5.41, 5.74) is 1.09. The van der Waals surface area contributed by atoms with Crippen molar-refractivity contribution in [2.75, 3.05) is 17.2 Å². The second kappa shape index (κ2) is 6.81. The maximum Gasteiger partial charge on any atom is 0.258 e. The van der Waals surface area contributed by atoms with E-state index in [-0.39, 0.29) is 5.91 Å². The SMILES string of the molecule is C=CCNc1ncc(C(=O)Nc2ccccc2Br)cn1. The van der Waals surface area contributed by atoms with E-state index < -0.39 is 0 Å². The van der Waals surface area contributed by atoms with Crippen LogP contribution in [0.3, 0.4) is 0 Å². The van der Waals surface area contributed by atoms with Gasteiger partial charge in [0.05, 0.1) is 11.3 Å². The van der Waals surface area contributed by atoms with Crippen molar-refractivity contribution in [3.63, 3.8) is 0 Å². The Hall–Kier alpha value is -2.21. The van der Waals surface area contributed by atoms with E-state index in [2.05, 4.69) is 43.1 Å². The number of rotatable bonds is 5. The molecule has 20 heavy (non-hydrogen) atoms. The maximum absolute atomic E-state index is 12.0. The number of amides is 1. The molecule has 0 atom stereocenters. The van der Waals surface area contributed by atoms with E-state index in [1.54, 1.807) is 6.08 Å². The Kier molecular flexibility index (Phi) is 4.84. The first-order valence-corrected chi connectivity index (χ1v) is 6.72. The number of hydrogen-bond donors (Lipinski definition) is 2. The van der Waals surface area contributed by atoms with E-state index in [1.165, 1.54) is 12.4 Å². The number of carbonyl (C=O) groups is 1. The number of nitrogens with one attached hydrogen (secondary N) is 2. The van der Waals surface area contributed by atoms with Crippen molar-refractivity contribution in [1.29, 1.82) is 0 Å². The van der Waals surface area contributed by atoms with Crippen LogP contribution in [0.15, 0.2) is 53.8 Å². The first-order chi connectivity index (χ1) is 9.70. The second-order valence-electron chi connectivity index (χ2n) is 3.90. The normalized spacial score (nSPS) is 9.85. The van der Waals surface area contributed by atoms with Gasteiger partial charge in [-0.15, -0.1) is 6.58 Å². The van der Waals surface area contributed by atoms with Crippen LogP contribution in [0.4, 0.5) is 11.6 Å². The predicted molar refractivity (Wildman–Crippen MR) is 82.8 cm³/mol. The van der Waals surface area contributed by atoms with Crippen LogP contribution in [0.1, 0.15) is 10.4 Å². The molecule has 0 saturated heterocycles.